The average Bonchev–Trinajstić information content (AvgIpc) is 3.02. The molecule has 0 radical (unpaired) electrons. The highest BCUT2D eigenvalue weighted by Gasteiger charge is 2.23. The fourth-order valence-electron chi connectivity index (χ4n) is 2.97. The zero-order valence-electron chi connectivity index (χ0n) is 14.1. The van der Waals surface area contributed by atoms with Crippen molar-refractivity contribution < 1.29 is 9.84 Å². The number of hydrogen-bond acceptors (Lipinski definition) is 6. The van der Waals surface area contributed by atoms with E-state index in [1.54, 1.807) is 11.0 Å². The van der Waals surface area contributed by atoms with Crippen LogP contribution in [0.2, 0.25) is 0 Å². The Balaban J connectivity index is 1.48. The van der Waals surface area contributed by atoms with Crippen LogP contribution in [0.5, 0.6) is 0 Å². The van der Waals surface area contributed by atoms with Crippen molar-refractivity contribution in [1.82, 2.24) is 19.7 Å². The summed E-state index contributed by atoms with van der Waals surface area (Å²) in [6.45, 7) is 6.54. The molecule has 1 fully saturated rings. The number of ether oxygens (including phenoxy) is 1. The average molecular weight is 348 g/mol. The van der Waals surface area contributed by atoms with Crippen LogP contribution in [-0.4, -0.2) is 68.5 Å². The van der Waals surface area contributed by atoms with Gasteiger partial charge in [0.15, 0.2) is 0 Å². The Labute approximate surface area is 146 Å². The molecule has 1 aliphatic rings. The van der Waals surface area contributed by atoms with Gasteiger partial charge in [-0.15, -0.1) is 5.10 Å². The summed E-state index contributed by atoms with van der Waals surface area (Å²) in [7, 11) is 0. The first-order valence-electron chi connectivity index (χ1n) is 8.26. The lowest BCUT2D eigenvalue weighted by Crippen LogP contribution is -2.48. The van der Waals surface area contributed by atoms with Crippen molar-refractivity contribution >= 4 is 11.8 Å². The normalized spacial score (nSPS) is 23.3. The zero-order valence-corrected chi connectivity index (χ0v) is 14.9. The number of benzene rings is 1. The van der Waals surface area contributed by atoms with Crippen LogP contribution in [-0.2, 0) is 4.74 Å². The number of morpholine rings is 1. The second kappa shape index (κ2) is 8.11. The molecule has 3 rings (SSSR count). The minimum Gasteiger partial charge on any atom is -0.391 e. The van der Waals surface area contributed by atoms with Crippen molar-refractivity contribution in [3.63, 3.8) is 0 Å². The van der Waals surface area contributed by atoms with Gasteiger partial charge in [-0.3, -0.25) is 4.90 Å². The van der Waals surface area contributed by atoms with E-state index in [1.165, 1.54) is 11.8 Å². The summed E-state index contributed by atoms with van der Waals surface area (Å²) in [5.41, 5.74) is 0.980. The number of aliphatic hydroxyl groups excluding tert-OH is 1. The Morgan fingerprint density at radius 2 is 1.96 bits per heavy atom. The first-order chi connectivity index (χ1) is 11.6. The molecule has 1 aromatic heterocycles. The first kappa shape index (κ1) is 17.4. The number of aromatic nitrogens is 3. The second-order valence-electron chi connectivity index (χ2n) is 6.25. The summed E-state index contributed by atoms with van der Waals surface area (Å²) < 4.78 is 7.47. The molecular formula is C17H24N4O2S. The number of rotatable bonds is 6. The third kappa shape index (κ3) is 4.80. The van der Waals surface area contributed by atoms with Crippen LogP contribution in [0, 0.1) is 0 Å². The molecule has 3 atom stereocenters. The summed E-state index contributed by atoms with van der Waals surface area (Å²) in [4.78, 5) is 6.57. The van der Waals surface area contributed by atoms with E-state index in [9.17, 15) is 5.11 Å². The Morgan fingerprint density at radius 1 is 1.25 bits per heavy atom. The summed E-state index contributed by atoms with van der Waals surface area (Å²) in [6, 6.07) is 9.88. The fourth-order valence-corrected chi connectivity index (χ4v) is 3.69. The van der Waals surface area contributed by atoms with Gasteiger partial charge in [0, 0.05) is 25.4 Å². The molecule has 0 aliphatic carbocycles. The van der Waals surface area contributed by atoms with Crippen LogP contribution in [0.4, 0.5) is 0 Å². The van der Waals surface area contributed by atoms with E-state index >= 15 is 0 Å². The second-order valence-corrected chi connectivity index (χ2v) is 7.24. The van der Waals surface area contributed by atoms with Gasteiger partial charge in [-0.2, -0.15) is 0 Å². The highest BCUT2D eigenvalue weighted by molar-refractivity contribution is 7.99. The van der Waals surface area contributed by atoms with E-state index in [0.717, 1.165) is 18.8 Å². The van der Waals surface area contributed by atoms with Crippen molar-refractivity contribution in [2.24, 2.45) is 0 Å². The van der Waals surface area contributed by atoms with Gasteiger partial charge in [0.05, 0.1) is 24.0 Å². The molecule has 7 heteroatoms. The van der Waals surface area contributed by atoms with Gasteiger partial charge in [0.2, 0.25) is 5.16 Å². The largest absolute Gasteiger partial charge is 0.391 e. The monoisotopic (exact) mass is 348 g/mol. The Bertz CT molecular complexity index is 627. The predicted octanol–water partition coefficient (Wildman–Crippen LogP) is 1.83. The van der Waals surface area contributed by atoms with Crippen LogP contribution < -0.4 is 0 Å². The van der Waals surface area contributed by atoms with Gasteiger partial charge in [0.25, 0.3) is 0 Å². The van der Waals surface area contributed by atoms with Gasteiger partial charge in [-0.1, -0.05) is 30.0 Å². The zero-order chi connectivity index (χ0) is 16.9. The van der Waals surface area contributed by atoms with Crippen LogP contribution >= 0.6 is 11.8 Å². The molecule has 1 aliphatic heterocycles. The number of para-hydroxylation sites is 1. The van der Waals surface area contributed by atoms with E-state index in [4.69, 9.17) is 4.74 Å². The molecule has 0 saturated carbocycles. The lowest BCUT2D eigenvalue weighted by atomic mass is 10.2. The maximum absolute atomic E-state index is 10.3. The van der Waals surface area contributed by atoms with Crippen LogP contribution in [0.1, 0.15) is 13.8 Å². The number of aliphatic hydroxyl groups is 1. The minimum atomic E-state index is -0.406. The first-order valence-corrected chi connectivity index (χ1v) is 9.24. The third-order valence-corrected chi connectivity index (χ3v) is 4.86. The van der Waals surface area contributed by atoms with E-state index in [2.05, 4.69) is 28.8 Å². The van der Waals surface area contributed by atoms with E-state index in [-0.39, 0.29) is 12.2 Å². The Morgan fingerprint density at radius 3 is 2.67 bits per heavy atom. The predicted molar refractivity (Wildman–Crippen MR) is 94.5 cm³/mol. The van der Waals surface area contributed by atoms with Crippen molar-refractivity contribution in [2.75, 3.05) is 25.4 Å². The topological polar surface area (TPSA) is 63.4 Å². The number of nitrogens with zero attached hydrogens (tertiary/aromatic N) is 4. The molecule has 24 heavy (non-hydrogen) atoms. The maximum atomic E-state index is 10.3. The van der Waals surface area contributed by atoms with Gasteiger partial charge >= 0.3 is 0 Å². The lowest BCUT2D eigenvalue weighted by Gasteiger charge is -2.36. The molecule has 0 unspecified atom stereocenters. The van der Waals surface area contributed by atoms with E-state index < -0.39 is 6.10 Å². The highest BCUT2D eigenvalue weighted by Crippen LogP contribution is 2.17. The smallest absolute Gasteiger partial charge is 0.208 e. The minimum absolute atomic E-state index is 0.219. The molecule has 1 aromatic carbocycles. The van der Waals surface area contributed by atoms with Gasteiger partial charge in [-0.05, 0) is 26.0 Å². The highest BCUT2D eigenvalue weighted by atomic mass is 32.2. The standard InChI is InChI=1S/C17H24N4O2S/c1-13-8-20(9-14(2)23-13)10-16(22)11-24-17-18-12-21(19-17)15-6-4-3-5-7-15/h3-7,12-14,16,22H,8-11H2,1-2H3/t13-,14+,16-/m0/s1. The SMILES string of the molecule is C[C@@H]1CN(C[C@H](O)CSc2ncn(-c3ccccc3)n2)C[C@H](C)O1. The Kier molecular flexibility index (Phi) is 5.89. The third-order valence-electron chi connectivity index (χ3n) is 3.86. The Hall–Kier alpha value is -1.41. The van der Waals surface area contributed by atoms with Crippen LogP contribution in [0.3, 0.4) is 0 Å². The summed E-state index contributed by atoms with van der Waals surface area (Å²) in [6.07, 6.45) is 1.74. The molecule has 6 nitrogen and oxygen atoms in total. The van der Waals surface area contributed by atoms with Crippen LogP contribution in [0.15, 0.2) is 41.8 Å². The number of hydrogen-bond donors (Lipinski definition) is 1. The van der Waals surface area contributed by atoms with Gasteiger partial charge in [-0.25, -0.2) is 9.67 Å². The van der Waals surface area contributed by atoms with Crippen molar-refractivity contribution in [1.29, 1.82) is 0 Å². The quantitative estimate of drug-likeness (QED) is 0.804. The maximum Gasteiger partial charge on any atom is 0.208 e. The molecule has 1 N–H and O–H groups in total. The molecular weight excluding hydrogens is 324 g/mol. The molecule has 0 amide bonds. The van der Waals surface area contributed by atoms with E-state index in [1.807, 2.05) is 30.3 Å². The molecule has 0 spiro atoms. The van der Waals surface area contributed by atoms with Crippen molar-refractivity contribution in [3.05, 3.63) is 36.7 Å². The summed E-state index contributed by atoms with van der Waals surface area (Å²) >= 11 is 1.48. The number of thioether (sulfide) groups is 1. The molecule has 2 heterocycles. The molecule has 0 bridgehead atoms. The van der Waals surface area contributed by atoms with E-state index in [0.29, 0.717) is 17.5 Å². The molecule has 1 saturated heterocycles. The summed E-state index contributed by atoms with van der Waals surface area (Å²) in [5, 5.41) is 15.4. The molecule has 130 valence electrons. The van der Waals surface area contributed by atoms with Crippen LogP contribution in [0.25, 0.3) is 5.69 Å². The van der Waals surface area contributed by atoms with Crippen molar-refractivity contribution in [2.45, 2.75) is 37.3 Å². The fraction of sp³-hybridized carbons (Fsp3) is 0.529. The van der Waals surface area contributed by atoms with Gasteiger partial charge in [0.1, 0.15) is 6.33 Å². The number of β-amino-alcohol motifs (C(OH)–C–C–N with tert-alkyl or cyclic N) is 1. The molecule has 2 aromatic rings. The summed E-state index contributed by atoms with van der Waals surface area (Å²) in [5.74, 6) is 0.582. The lowest BCUT2D eigenvalue weighted by molar-refractivity contribution is -0.0750. The van der Waals surface area contributed by atoms with Crippen molar-refractivity contribution in [3.8, 4) is 5.69 Å². The van der Waals surface area contributed by atoms with Gasteiger partial charge < -0.3 is 9.84 Å².